The molecule has 0 radical (unpaired) electrons. The van der Waals surface area contributed by atoms with E-state index in [-0.39, 0.29) is 11.7 Å². The van der Waals surface area contributed by atoms with Crippen LogP contribution in [0.25, 0.3) is 5.57 Å². The van der Waals surface area contributed by atoms with E-state index in [0.717, 1.165) is 43.0 Å². The highest BCUT2D eigenvalue weighted by atomic mass is 19.1. The molecule has 2 aromatic carbocycles. The third kappa shape index (κ3) is 3.27. The van der Waals surface area contributed by atoms with Gasteiger partial charge >= 0.3 is 0 Å². The number of nitrogens with zero attached hydrogens (tertiary/aromatic N) is 2. The van der Waals surface area contributed by atoms with Gasteiger partial charge in [0.05, 0.1) is 5.54 Å². The number of piperidine rings is 1. The van der Waals surface area contributed by atoms with Crippen LogP contribution in [-0.2, 0) is 4.79 Å². The normalized spacial score (nSPS) is 27.4. The standard InChI is InChI=1S/C26H29FN2O/c1-19-17-26(13-14-28(19)18-20-7-5-8-20)24(21-9-3-2-4-10-21)16-25(30)29(26)23-12-6-11-22(27)15-23/h2-4,6,9-12,15-16,19-20H,5,7-8,13-14,17-18H2,1H3/t19-,26-/m1/s1. The van der Waals surface area contributed by atoms with E-state index in [4.69, 9.17) is 0 Å². The van der Waals surface area contributed by atoms with Crippen LogP contribution in [0, 0.1) is 11.7 Å². The Kier molecular flexibility index (Phi) is 4.98. The molecule has 2 aromatic rings. The van der Waals surface area contributed by atoms with Crippen molar-refractivity contribution in [1.29, 1.82) is 0 Å². The van der Waals surface area contributed by atoms with E-state index in [1.807, 2.05) is 29.2 Å². The molecule has 2 aliphatic heterocycles. The molecule has 1 spiro atoms. The zero-order chi connectivity index (χ0) is 20.7. The summed E-state index contributed by atoms with van der Waals surface area (Å²) in [4.78, 5) is 17.8. The van der Waals surface area contributed by atoms with E-state index >= 15 is 0 Å². The first-order valence-corrected chi connectivity index (χ1v) is 11.2. The van der Waals surface area contributed by atoms with E-state index in [0.29, 0.717) is 11.7 Å². The van der Waals surface area contributed by atoms with E-state index in [1.54, 1.807) is 12.1 Å². The summed E-state index contributed by atoms with van der Waals surface area (Å²) < 4.78 is 14.1. The number of hydrogen-bond acceptors (Lipinski definition) is 2. The monoisotopic (exact) mass is 404 g/mol. The molecule has 1 saturated heterocycles. The predicted octanol–water partition coefficient (Wildman–Crippen LogP) is 5.28. The minimum Gasteiger partial charge on any atom is -0.300 e. The Labute approximate surface area is 178 Å². The van der Waals surface area contributed by atoms with Crippen LogP contribution in [-0.4, -0.2) is 35.5 Å². The zero-order valence-electron chi connectivity index (χ0n) is 17.6. The third-order valence-corrected chi connectivity index (χ3v) is 7.36. The second-order valence-corrected chi connectivity index (χ2v) is 9.20. The van der Waals surface area contributed by atoms with E-state index in [1.165, 1.54) is 31.4 Å². The van der Waals surface area contributed by atoms with Gasteiger partial charge in [-0.2, -0.15) is 0 Å². The summed E-state index contributed by atoms with van der Waals surface area (Å²) in [6, 6.07) is 17.1. The van der Waals surface area contributed by atoms with Gasteiger partial charge in [0.2, 0.25) is 0 Å². The molecule has 2 atom stereocenters. The van der Waals surface area contributed by atoms with Crippen LogP contribution in [0.4, 0.5) is 10.1 Å². The predicted molar refractivity (Wildman–Crippen MR) is 119 cm³/mol. The molecule has 3 nitrogen and oxygen atoms in total. The van der Waals surface area contributed by atoms with E-state index < -0.39 is 5.54 Å². The summed E-state index contributed by atoms with van der Waals surface area (Å²) >= 11 is 0. The summed E-state index contributed by atoms with van der Waals surface area (Å²) in [5, 5.41) is 0. The summed E-state index contributed by atoms with van der Waals surface area (Å²) in [5.41, 5.74) is 2.39. The van der Waals surface area contributed by atoms with Gasteiger partial charge in [-0.05, 0) is 67.9 Å². The Bertz CT molecular complexity index is 968. The number of carbonyl (C=O) groups is 1. The number of anilines is 1. The molecule has 3 aliphatic rings. The Hall–Kier alpha value is -2.46. The molecular formula is C26H29FN2O. The lowest BCUT2D eigenvalue weighted by molar-refractivity contribution is -0.114. The van der Waals surface area contributed by atoms with Crippen LogP contribution in [0.2, 0.25) is 0 Å². The maximum atomic E-state index is 14.1. The number of hydrogen-bond donors (Lipinski definition) is 0. The van der Waals surface area contributed by atoms with Gasteiger partial charge in [-0.25, -0.2) is 4.39 Å². The van der Waals surface area contributed by atoms with Gasteiger partial charge in [-0.3, -0.25) is 9.69 Å². The minimum atomic E-state index is -0.429. The largest absolute Gasteiger partial charge is 0.300 e. The van der Waals surface area contributed by atoms with Gasteiger partial charge < -0.3 is 4.90 Å². The number of likely N-dealkylation sites (tertiary alicyclic amines) is 1. The Morgan fingerprint density at radius 3 is 2.57 bits per heavy atom. The second kappa shape index (κ2) is 7.66. The zero-order valence-corrected chi connectivity index (χ0v) is 17.6. The van der Waals surface area contributed by atoms with Gasteiger partial charge in [-0.15, -0.1) is 0 Å². The van der Waals surface area contributed by atoms with Gasteiger partial charge in [0.15, 0.2) is 0 Å². The molecular weight excluding hydrogens is 375 g/mol. The number of carbonyl (C=O) groups excluding carboxylic acids is 1. The molecule has 0 unspecified atom stereocenters. The van der Waals surface area contributed by atoms with Crippen molar-refractivity contribution in [3.05, 3.63) is 72.1 Å². The molecule has 0 aromatic heterocycles. The number of halogens is 1. The van der Waals surface area contributed by atoms with Gasteiger partial charge in [0.1, 0.15) is 5.82 Å². The highest BCUT2D eigenvalue weighted by Gasteiger charge is 2.52. The van der Waals surface area contributed by atoms with Gasteiger partial charge in [-0.1, -0.05) is 42.8 Å². The first-order valence-electron chi connectivity index (χ1n) is 11.2. The van der Waals surface area contributed by atoms with Crippen molar-refractivity contribution in [2.24, 2.45) is 5.92 Å². The molecule has 5 rings (SSSR count). The second-order valence-electron chi connectivity index (χ2n) is 9.20. The molecule has 1 saturated carbocycles. The molecule has 1 amide bonds. The average molecular weight is 405 g/mol. The fourth-order valence-corrected chi connectivity index (χ4v) is 5.61. The minimum absolute atomic E-state index is 0.0425. The van der Waals surface area contributed by atoms with Crippen molar-refractivity contribution < 1.29 is 9.18 Å². The lowest BCUT2D eigenvalue weighted by Crippen LogP contribution is -2.58. The summed E-state index contributed by atoms with van der Waals surface area (Å²) in [6.07, 6.45) is 7.57. The number of amides is 1. The molecule has 30 heavy (non-hydrogen) atoms. The van der Waals surface area contributed by atoms with Crippen molar-refractivity contribution >= 4 is 17.2 Å². The van der Waals surface area contributed by atoms with Gasteiger partial charge in [0, 0.05) is 30.9 Å². The fraction of sp³-hybridized carbons (Fsp3) is 0.423. The summed E-state index contributed by atoms with van der Waals surface area (Å²) in [5.74, 6) is 0.480. The summed E-state index contributed by atoms with van der Waals surface area (Å²) in [7, 11) is 0. The Balaban J connectivity index is 1.53. The Morgan fingerprint density at radius 1 is 1.10 bits per heavy atom. The molecule has 2 heterocycles. The van der Waals surface area contributed by atoms with Crippen molar-refractivity contribution in [2.45, 2.75) is 50.6 Å². The van der Waals surface area contributed by atoms with Crippen molar-refractivity contribution in [3.8, 4) is 0 Å². The first kappa shape index (κ1) is 19.5. The van der Waals surface area contributed by atoms with Crippen molar-refractivity contribution in [1.82, 2.24) is 4.90 Å². The van der Waals surface area contributed by atoms with Gasteiger partial charge in [0.25, 0.3) is 5.91 Å². The van der Waals surface area contributed by atoms with E-state index in [2.05, 4.69) is 24.0 Å². The molecule has 4 heteroatoms. The van der Waals surface area contributed by atoms with Crippen LogP contribution in [0.5, 0.6) is 0 Å². The fourth-order valence-electron chi connectivity index (χ4n) is 5.61. The molecule has 2 fully saturated rings. The third-order valence-electron chi connectivity index (χ3n) is 7.36. The lowest BCUT2D eigenvalue weighted by Gasteiger charge is -2.50. The highest BCUT2D eigenvalue weighted by Crippen LogP contribution is 2.49. The number of rotatable bonds is 4. The molecule has 156 valence electrons. The molecule has 1 aliphatic carbocycles. The molecule has 0 bridgehead atoms. The van der Waals surface area contributed by atoms with Crippen LogP contribution in [0.3, 0.4) is 0 Å². The van der Waals surface area contributed by atoms with Crippen molar-refractivity contribution in [2.75, 3.05) is 18.0 Å². The quantitative estimate of drug-likeness (QED) is 0.692. The van der Waals surface area contributed by atoms with Crippen LogP contribution in [0.1, 0.15) is 44.6 Å². The maximum Gasteiger partial charge on any atom is 0.252 e. The topological polar surface area (TPSA) is 23.6 Å². The average Bonchev–Trinajstić information content (AvgIpc) is 2.98. The maximum absolute atomic E-state index is 14.1. The van der Waals surface area contributed by atoms with Crippen LogP contribution < -0.4 is 4.90 Å². The highest BCUT2D eigenvalue weighted by molar-refractivity contribution is 6.15. The van der Waals surface area contributed by atoms with Crippen molar-refractivity contribution in [3.63, 3.8) is 0 Å². The summed E-state index contributed by atoms with van der Waals surface area (Å²) in [6.45, 7) is 4.41. The Morgan fingerprint density at radius 2 is 1.90 bits per heavy atom. The van der Waals surface area contributed by atoms with Crippen LogP contribution >= 0.6 is 0 Å². The lowest BCUT2D eigenvalue weighted by atomic mass is 9.74. The molecule has 0 N–H and O–H groups in total. The SMILES string of the molecule is C[C@@H]1C[C@]2(CCN1CC1CCC1)C(c1ccccc1)=CC(=O)N2c1cccc(F)c1. The van der Waals surface area contributed by atoms with Crippen LogP contribution in [0.15, 0.2) is 60.7 Å². The smallest absolute Gasteiger partial charge is 0.252 e. The first-order chi connectivity index (χ1) is 14.6. The number of benzene rings is 2. The van der Waals surface area contributed by atoms with E-state index in [9.17, 15) is 9.18 Å².